The number of aromatic amines is 1. The smallest absolute Gasteiger partial charge is 0.0548 e. The number of benzene rings is 5. The van der Waals surface area contributed by atoms with Crippen LogP contribution in [-0.2, 0) is 5.41 Å². The Hall–Kier alpha value is -4.30. The lowest BCUT2D eigenvalue weighted by Crippen LogP contribution is -2.14. The Morgan fingerprint density at radius 1 is 0.543 bits per heavy atom. The van der Waals surface area contributed by atoms with E-state index in [1.165, 1.54) is 71.6 Å². The van der Waals surface area contributed by atoms with Gasteiger partial charge in [0, 0.05) is 43.7 Å². The molecule has 5 aromatic carbocycles. The van der Waals surface area contributed by atoms with Gasteiger partial charge in [0.15, 0.2) is 0 Å². The molecule has 166 valence electrons. The molecule has 8 rings (SSSR count). The van der Waals surface area contributed by atoms with Crippen LogP contribution >= 0.6 is 0 Å². The highest BCUT2D eigenvalue weighted by atomic mass is 15.0. The normalized spacial score (nSPS) is 14.2. The number of fused-ring (bicyclic) bond motifs is 9. The van der Waals surface area contributed by atoms with Gasteiger partial charge in [-0.05, 0) is 64.7 Å². The van der Waals surface area contributed by atoms with Gasteiger partial charge in [0.2, 0.25) is 0 Å². The lowest BCUT2D eigenvalue weighted by atomic mass is 9.82. The van der Waals surface area contributed by atoms with Crippen molar-refractivity contribution < 1.29 is 0 Å². The van der Waals surface area contributed by atoms with Crippen LogP contribution in [0.5, 0.6) is 0 Å². The summed E-state index contributed by atoms with van der Waals surface area (Å²) in [4.78, 5) is 3.77. The second-order valence-corrected chi connectivity index (χ2v) is 10.3. The molecule has 2 heteroatoms. The van der Waals surface area contributed by atoms with E-state index in [2.05, 4.69) is 127 Å². The predicted octanol–water partition coefficient (Wildman–Crippen LogP) is 8.72. The van der Waals surface area contributed by atoms with Crippen molar-refractivity contribution in [1.29, 1.82) is 0 Å². The van der Waals surface area contributed by atoms with E-state index >= 15 is 0 Å². The van der Waals surface area contributed by atoms with Crippen LogP contribution in [-0.4, -0.2) is 9.55 Å². The molecule has 0 atom stereocenters. The van der Waals surface area contributed by atoms with Gasteiger partial charge in [0.05, 0.1) is 11.0 Å². The van der Waals surface area contributed by atoms with Crippen LogP contribution in [0.2, 0.25) is 0 Å². The first-order valence-electron chi connectivity index (χ1n) is 12.3. The summed E-state index contributed by atoms with van der Waals surface area (Å²) in [6.45, 7) is 4.69. The maximum Gasteiger partial charge on any atom is 0.0548 e. The highest BCUT2D eigenvalue weighted by Crippen LogP contribution is 2.50. The molecule has 1 aliphatic carbocycles. The molecule has 0 radical (unpaired) electrons. The Morgan fingerprint density at radius 2 is 1.26 bits per heavy atom. The van der Waals surface area contributed by atoms with E-state index in [9.17, 15) is 0 Å². The van der Waals surface area contributed by atoms with Gasteiger partial charge in [-0.3, -0.25) is 0 Å². The molecular weight excluding hydrogens is 424 g/mol. The third-order valence-corrected chi connectivity index (χ3v) is 8.11. The third kappa shape index (κ3) is 2.39. The zero-order chi connectivity index (χ0) is 23.3. The molecule has 7 aromatic rings. The molecule has 0 fully saturated rings. The van der Waals surface area contributed by atoms with Gasteiger partial charge in [-0.15, -0.1) is 0 Å². The maximum absolute atomic E-state index is 3.77. The summed E-state index contributed by atoms with van der Waals surface area (Å²) in [5.41, 5.74) is 11.6. The molecule has 1 N–H and O–H groups in total. The summed E-state index contributed by atoms with van der Waals surface area (Å²) in [5, 5.41) is 5.13. The van der Waals surface area contributed by atoms with Crippen molar-refractivity contribution in [3.8, 4) is 16.8 Å². The minimum atomic E-state index is 0.00220. The van der Waals surface area contributed by atoms with Gasteiger partial charge in [-0.25, -0.2) is 0 Å². The van der Waals surface area contributed by atoms with Crippen LogP contribution in [0.1, 0.15) is 25.0 Å². The molecule has 0 unspecified atom stereocenters. The Balaban J connectivity index is 1.50. The first kappa shape index (κ1) is 19.1. The van der Waals surface area contributed by atoms with Crippen LogP contribution in [0.4, 0.5) is 0 Å². The first-order valence-corrected chi connectivity index (χ1v) is 12.3. The summed E-state index contributed by atoms with van der Waals surface area (Å²) in [6.07, 6.45) is 0. The van der Waals surface area contributed by atoms with Crippen LogP contribution in [0, 0.1) is 0 Å². The van der Waals surface area contributed by atoms with Crippen molar-refractivity contribution in [3.63, 3.8) is 0 Å². The quantitative estimate of drug-likeness (QED) is 0.259. The van der Waals surface area contributed by atoms with Crippen molar-refractivity contribution in [1.82, 2.24) is 9.55 Å². The number of hydrogen-bond donors (Lipinski definition) is 1. The van der Waals surface area contributed by atoms with E-state index in [1.807, 2.05) is 0 Å². The number of nitrogens with one attached hydrogen (secondary N) is 1. The lowest BCUT2D eigenvalue weighted by Gasteiger charge is -2.21. The number of nitrogens with zero attached hydrogens (tertiary/aromatic N) is 1. The zero-order valence-electron chi connectivity index (χ0n) is 19.8. The summed E-state index contributed by atoms with van der Waals surface area (Å²) in [6, 6.07) is 37.8. The Morgan fingerprint density at radius 3 is 2.14 bits per heavy atom. The summed E-state index contributed by atoms with van der Waals surface area (Å²) < 4.78 is 2.40. The predicted molar refractivity (Wildman–Crippen MR) is 148 cm³/mol. The molecule has 2 heterocycles. The lowest BCUT2D eigenvalue weighted by molar-refractivity contribution is 0.661. The van der Waals surface area contributed by atoms with Crippen LogP contribution in [0.25, 0.3) is 60.4 Å². The Bertz CT molecular complexity index is 1970. The van der Waals surface area contributed by atoms with Gasteiger partial charge in [-0.2, -0.15) is 0 Å². The monoisotopic (exact) mass is 448 g/mol. The van der Waals surface area contributed by atoms with Crippen molar-refractivity contribution in [2.24, 2.45) is 0 Å². The van der Waals surface area contributed by atoms with E-state index in [1.54, 1.807) is 0 Å². The van der Waals surface area contributed by atoms with Crippen molar-refractivity contribution in [3.05, 3.63) is 114 Å². The number of aromatic nitrogens is 2. The van der Waals surface area contributed by atoms with Gasteiger partial charge < -0.3 is 9.55 Å². The fourth-order valence-corrected chi connectivity index (χ4v) is 6.42. The van der Waals surface area contributed by atoms with E-state index in [-0.39, 0.29) is 5.41 Å². The molecule has 0 aliphatic heterocycles. The molecule has 0 bridgehead atoms. The van der Waals surface area contributed by atoms with E-state index < -0.39 is 0 Å². The number of para-hydroxylation sites is 2. The van der Waals surface area contributed by atoms with Crippen molar-refractivity contribution in [2.75, 3.05) is 0 Å². The molecule has 2 aromatic heterocycles. The highest BCUT2D eigenvalue weighted by molar-refractivity contribution is 6.18. The fraction of sp³-hybridized carbons (Fsp3) is 0.0909. The second-order valence-electron chi connectivity index (χ2n) is 10.3. The van der Waals surface area contributed by atoms with E-state index in [0.29, 0.717) is 0 Å². The van der Waals surface area contributed by atoms with E-state index in [4.69, 9.17) is 0 Å². The molecular formula is C33H24N2. The molecule has 0 saturated heterocycles. The minimum absolute atomic E-state index is 0.00220. The van der Waals surface area contributed by atoms with Crippen molar-refractivity contribution in [2.45, 2.75) is 19.3 Å². The standard InChI is InChI=1S/C33H24N2/c1-33(2)27-14-8-6-12-21(27)23-16-24-25-18-32-26(17-29(25)34-30(24)19-28(23)33)22-13-7-9-15-31(22)35(32)20-10-4-3-5-11-20/h3-19,34H,1-2H3. The van der Waals surface area contributed by atoms with E-state index in [0.717, 1.165) is 0 Å². The minimum Gasteiger partial charge on any atom is -0.354 e. The van der Waals surface area contributed by atoms with Gasteiger partial charge in [-0.1, -0.05) is 74.5 Å². The summed E-state index contributed by atoms with van der Waals surface area (Å²) in [7, 11) is 0. The first-order chi connectivity index (χ1) is 17.1. The third-order valence-electron chi connectivity index (χ3n) is 8.11. The molecule has 1 aliphatic rings. The largest absolute Gasteiger partial charge is 0.354 e. The summed E-state index contributed by atoms with van der Waals surface area (Å²) in [5.74, 6) is 0. The average Bonchev–Trinajstić information content (AvgIpc) is 3.48. The van der Waals surface area contributed by atoms with Crippen LogP contribution in [0.3, 0.4) is 0 Å². The molecule has 0 saturated carbocycles. The van der Waals surface area contributed by atoms with Crippen LogP contribution in [0.15, 0.2) is 103 Å². The van der Waals surface area contributed by atoms with Gasteiger partial charge in [0.25, 0.3) is 0 Å². The number of H-pyrrole nitrogens is 1. The molecule has 0 amide bonds. The Kier molecular flexibility index (Phi) is 3.50. The molecule has 35 heavy (non-hydrogen) atoms. The fourth-order valence-electron chi connectivity index (χ4n) is 6.42. The highest BCUT2D eigenvalue weighted by Gasteiger charge is 2.35. The van der Waals surface area contributed by atoms with Crippen LogP contribution < -0.4 is 0 Å². The van der Waals surface area contributed by atoms with Crippen molar-refractivity contribution >= 4 is 43.6 Å². The second kappa shape index (κ2) is 6.43. The SMILES string of the molecule is CC1(C)c2ccccc2-c2cc3c(cc21)[nH]c1cc2c4ccccc4n(-c4ccccc4)c2cc13. The summed E-state index contributed by atoms with van der Waals surface area (Å²) >= 11 is 0. The topological polar surface area (TPSA) is 20.7 Å². The van der Waals surface area contributed by atoms with Gasteiger partial charge in [0.1, 0.15) is 0 Å². The molecule has 0 spiro atoms. The van der Waals surface area contributed by atoms with Gasteiger partial charge >= 0.3 is 0 Å². The maximum atomic E-state index is 3.77. The average molecular weight is 449 g/mol. The Labute approximate surface area is 203 Å². The zero-order valence-corrected chi connectivity index (χ0v) is 19.8. The molecule has 2 nitrogen and oxygen atoms in total. The number of hydrogen-bond acceptors (Lipinski definition) is 0. The number of rotatable bonds is 1.